The van der Waals surface area contributed by atoms with Gasteiger partial charge in [-0.15, -0.1) is 0 Å². The van der Waals surface area contributed by atoms with Crippen LogP contribution in [0.1, 0.15) is 12.0 Å². The number of hydrogen-bond donors (Lipinski definition) is 1. The van der Waals surface area contributed by atoms with Gasteiger partial charge in [-0.25, -0.2) is 17.5 Å². The van der Waals surface area contributed by atoms with Crippen molar-refractivity contribution in [2.24, 2.45) is 5.92 Å². The second-order valence-corrected chi connectivity index (χ2v) is 8.89. The zero-order valence-corrected chi connectivity index (χ0v) is 14.0. The molecule has 0 radical (unpaired) electrons. The van der Waals surface area contributed by atoms with Gasteiger partial charge in [0.15, 0.2) is 0 Å². The van der Waals surface area contributed by atoms with Crippen molar-refractivity contribution in [2.45, 2.75) is 18.2 Å². The average molecular weight is 363 g/mol. The third-order valence-electron chi connectivity index (χ3n) is 3.50. The van der Waals surface area contributed by atoms with Crippen molar-refractivity contribution in [3.05, 3.63) is 29.8 Å². The third kappa shape index (κ3) is 4.21. The Morgan fingerprint density at radius 2 is 1.96 bits per heavy atom. The molecule has 0 spiro atoms. The monoisotopic (exact) mass is 363 g/mol. The highest BCUT2D eigenvalue weighted by atomic mass is 32.2. The maximum Gasteiger partial charge on any atom is 0.421 e. The van der Waals surface area contributed by atoms with Crippen LogP contribution in [0.4, 0.5) is 4.79 Å². The van der Waals surface area contributed by atoms with Gasteiger partial charge in [-0.05, 0) is 25.5 Å². The lowest BCUT2D eigenvalue weighted by atomic mass is 10.1. The van der Waals surface area contributed by atoms with Gasteiger partial charge in [-0.3, -0.25) is 4.18 Å². The van der Waals surface area contributed by atoms with Crippen LogP contribution in [0.25, 0.3) is 0 Å². The minimum absolute atomic E-state index is 0.00562. The summed E-state index contributed by atoms with van der Waals surface area (Å²) in [6.07, 6.45) is -1.31. The number of amides is 1. The van der Waals surface area contributed by atoms with E-state index in [4.69, 9.17) is 9.29 Å². The Morgan fingerprint density at radius 1 is 1.35 bits per heavy atom. The largest absolute Gasteiger partial charge is 0.464 e. The Morgan fingerprint density at radius 3 is 2.48 bits per heavy atom. The van der Waals surface area contributed by atoms with Crippen LogP contribution in [0.3, 0.4) is 0 Å². The van der Waals surface area contributed by atoms with Gasteiger partial charge in [0.2, 0.25) is 10.0 Å². The zero-order chi connectivity index (χ0) is 17.3. The molecule has 1 aliphatic rings. The minimum Gasteiger partial charge on any atom is -0.464 e. The molecule has 2 rings (SSSR count). The first kappa shape index (κ1) is 17.7. The molecule has 0 bridgehead atoms. The summed E-state index contributed by atoms with van der Waals surface area (Å²) < 4.78 is 53.0. The summed E-state index contributed by atoms with van der Waals surface area (Å²) >= 11 is 0. The quantitative estimate of drug-likeness (QED) is 0.794. The highest BCUT2D eigenvalue weighted by Crippen LogP contribution is 2.22. The van der Waals surface area contributed by atoms with E-state index in [1.165, 1.54) is 12.1 Å². The van der Waals surface area contributed by atoms with Gasteiger partial charge in [0.05, 0.1) is 17.3 Å². The van der Waals surface area contributed by atoms with E-state index in [-0.39, 0.29) is 24.5 Å². The van der Waals surface area contributed by atoms with Crippen LogP contribution in [-0.2, 0) is 24.3 Å². The average Bonchev–Trinajstić information content (AvgIpc) is 2.44. The van der Waals surface area contributed by atoms with E-state index in [0.717, 1.165) is 5.56 Å². The summed E-state index contributed by atoms with van der Waals surface area (Å²) in [5.41, 5.74) is 0.899. The number of hydrogen-bond acceptors (Lipinski definition) is 6. The Hall–Kier alpha value is -1.65. The van der Waals surface area contributed by atoms with Gasteiger partial charge in [0.1, 0.15) is 0 Å². The van der Waals surface area contributed by atoms with Crippen LogP contribution >= 0.6 is 0 Å². The van der Waals surface area contributed by atoms with Crippen LogP contribution in [0.5, 0.6) is 0 Å². The molecule has 1 atom stereocenters. The first-order valence-electron chi connectivity index (χ1n) is 6.81. The lowest BCUT2D eigenvalue weighted by Crippen LogP contribution is -2.45. The van der Waals surface area contributed by atoms with E-state index in [1.54, 1.807) is 12.1 Å². The van der Waals surface area contributed by atoms with Gasteiger partial charge in [-0.1, -0.05) is 17.7 Å². The Balaban J connectivity index is 2.02. The fourth-order valence-corrected chi connectivity index (χ4v) is 4.85. The second-order valence-electron chi connectivity index (χ2n) is 5.34. The van der Waals surface area contributed by atoms with Crippen molar-refractivity contribution in [3.8, 4) is 0 Å². The number of rotatable bonds is 4. The van der Waals surface area contributed by atoms with E-state index in [2.05, 4.69) is 0 Å². The summed E-state index contributed by atoms with van der Waals surface area (Å²) in [5.74, 6) is -1.03. The van der Waals surface area contributed by atoms with Crippen molar-refractivity contribution in [2.75, 3.05) is 18.9 Å². The number of carbonyl (C=O) groups is 1. The van der Waals surface area contributed by atoms with E-state index in [0.29, 0.717) is 4.31 Å². The third-order valence-corrected chi connectivity index (χ3v) is 6.70. The predicted octanol–water partition coefficient (Wildman–Crippen LogP) is 1.03. The zero-order valence-electron chi connectivity index (χ0n) is 12.4. The fourth-order valence-electron chi connectivity index (χ4n) is 2.21. The van der Waals surface area contributed by atoms with E-state index >= 15 is 0 Å². The number of nitrogens with zero attached hydrogens (tertiary/aromatic N) is 1. The molecule has 10 heteroatoms. The van der Waals surface area contributed by atoms with Crippen LogP contribution in [0, 0.1) is 12.8 Å². The summed E-state index contributed by atoms with van der Waals surface area (Å²) in [6, 6.07) is 6.08. The van der Waals surface area contributed by atoms with Crippen molar-refractivity contribution in [1.29, 1.82) is 0 Å². The van der Waals surface area contributed by atoms with Gasteiger partial charge < -0.3 is 5.11 Å². The first-order chi connectivity index (χ1) is 10.6. The first-order valence-corrected chi connectivity index (χ1v) is 9.83. The Labute approximate surface area is 134 Å². The van der Waals surface area contributed by atoms with E-state index in [1.807, 2.05) is 6.92 Å². The van der Waals surface area contributed by atoms with Gasteiger partial charge >= 0.3 is 6.09 Å². The van der Waals surface area contributed by atoms with Crippen molar-refractivity contribution >= 4 is 26.2 Å². The molecule has 128 valence electrons. The molecule has 1 N–H and O–H groups in total. The molecule has 1 aromatic rings. The van der Waals surface area contributed by atoms with Crippen LogP contribution < -0.4 is 0 Å². The molecule has 0 aromatic heterocycles. The summed E-state index contributed by atoms with van der Waals surface area (Å²) in [5, 5.41) is 8.81. The van der Waals surface area contributed by atoms with Crippen molar-refractivity contribution in [1.82, 2.24) is 4.31 Å². The Kier molecular flexibility index (Phi) is 4.97. The number of aryl methyl sites for hydroxylation is 1. The summed E-state index contributed by atoms with van der Waals surface area (Å²) in [7, 11) is -7.92. The molecular formula is C13H17NO7S2. The standard InChI is InChI=1S/C13H17NO7S2/c1-10-2-4-12(5-3-10)23(19,20)21-8-11-6-7-14(13(15)16)22(17,18)9-11/h2-5,11H,6-9H2,1H3,(H,15,16). The molecule has 0 aliphatic carbocycles. The number of sulfonamides is 1. The number of carboxylic acid groups (broad SMARTS) is 1. The maximum atomic E-state index is 12.0. The molecule has 1 aromatic carbocycles. The second kappa shape index (κ2) is 6.46. The van der Waals surface area contributed by atoms with Crippen molar-refractivity contribution in [3.63, 3.8) is 0 Å². The minimum atomic E-state index is -3.97. The maximum absolute atomic E-state index is 12.0. The Bertz CT molecular complexity index is 784. The normalized spacial score (nSPS) is 21.1. The molecule has 1 heterocycles. The molecule has 1 unspecified atom stereocenters. The van der Waals surface area contributed by atoms with E-state index in [9.17, 15) is 21.6 Å². The highest BCUT2D eigenvalue weighted by molar-refractivity contribution is 7.89. The molecule has 1 fully saturated rings. The van der Waals surface area contributed by atoms with Crippen LogP contribution in [0.2, 0.25) is 0 Å². The van der Waals surface area contributed by atoms with Gasteiger partial charge in [0.25, 0.3) is 10.1 Å². The molecule has 23 heavy (non-hydrogen) atoms. The lowest BCUT2D eigenvalue weighted by molar-refractivity contribution is 0.163. The van der Waals surface area contributed by atoms with Gasteiger partial charge in [-0.2, -0.15) is 8.42 Å². The molecule has 0 saturated carbocycles. The highest BCUT2D eigenvalue weighted by Gasteiger charge is 2.36. The lowest BCUT2D eigenvalue weighted by Gasteiger charge is -2.29. The van der Waals surface area contributed by atoms with Crippen LogP contribution in [-0.4, -0.2) is 51.2 Å². The molecule has 1 aliphatic heterocycles. The molecule has 1 amide bonds. The fraction of sp³-hybridized carbons (Fsp3) is 0.462. The summed E-state index contributed by atoms with van der Waals surface area (Å²) in [4.78, 5) is 10.8. The molecular weight excluding hydrogens is 346 g/mol. The summed E-state index contributed by atoms with van der Waals surface area (Å²) in [6.45, 7) is 1.32. The van der Waals surface area contributed by atoms with Crippen LogP contribution in [0.15, 0.2) is 29.2 Å². The molecule has 8 nitrogen and oxygen atoms in total. The predicted molar refractivity (Wildman–Crippen MR) is 80.9 cm³/mol. The van der Waals surface area contributed by atoms with Crippen molar-refractivity contribution < 1.29 is 30.9 Å². The van der Waals surface area contributed by atoms with Gasteiger partial charge in [0, 0.05) is 12.5 Å². The number of benzene rings is 1. The SMILES string of the molecule is Cc1ccc(S(=O)(=O)OCC2CCN(C(=O)O)S(=O)(=O)C2)cc1. The smallest absolute Gasteiger partial charge is 0.421 e. The topological polar surface area (TPSA) is 118 Å². The van der Waals surface area contributed by atoms with E-state index < -0.39 is 37.9 Å². The molecule has 1 saturated heterocycles.